The van der Waals surface area contributed by atoms with Gasteiger partial charge in [0.25, 0.3) is 0 Å². The Morgan fingerprint density at radius 1 is 1.33 bits per heavy atom. The van der Waals surface area contributed by atoms with E-state index in [9.17, 15) is 0 Å². The molecule has 1 rings (SSSR count). The highest BCUT2D eigenvalue weighted by Crippen LogP contribution is 2.03. The number of hydrogen-bond donors (Lipinski definition) is 2. The molecule has 0 fully saturated rings. The van der Waals surface area contributed by atoms with E-state index < -0.39 is 0 Å². The Kier molecular flexibility index (Phi) is 5.46. The van der Waals surface area contributed by atoms with E-state index in [1.165, 1.54) is 0 Å². The van der Waals surface area contributed by atoms with Gasteiger partial charge in [0.15, 0.2) is 0 Å². The second kappa shape index (κ2) is 6.99. The van der Waals surface area contributed by atoms with Crippen LogP contribution in [0.4, 0.5) is 0 Å². The molecule has 3 nitrogen and oxygen atoms in total. The molecule has 0 bridgehead atoms. The van der Waals surface area contributed by atoms with Crippen LogP contribution in [0.3, 0.4) is 0 Å². The van der Waals surface area contributed by atoms with Crippen molar-refractivity contribution in [3.63, 3.8) is 0 Å². The zero-order valence-corrected chi connectivity index (χ0v) is 8.74. The first-order valence-corrected chi connectivity index (χ1v) is 5.17. The number of hydrogen-bond acceptors (Lipinski definition) is 3. The Labute approximate surface area is 90.4 Å². The number of nitriles is 1. The molecule has 0 radical (unpaired) electrons. The molecule has 0 aliphatic heterocycles. The Balaban J connectivity index is 2.28. The van der Waals surface area contributed by atoms with Crippen molar-refractivity contribution in [1.29, 1.82) is 5.26 Å². The van der Waals surface area contributed by atoms with Gasteiger partial charge in [-0.2, -0.15) is 5.26 Å². The van der Waals surface area contributed by atoms with Crippen LogP contribution >= 0.6 is 0 Å². The fourth-order valence-corrected chi connectivity index (χ4v) is 1.35. The molecule has 1 aromatic rings. The first-order valence-electron chi connectivity index (χ1n) is 5.17. The lowest BCUT2D eigenvalue weighted by atomic mass is 10.1. The molecule has 1 aromatic carbocycles. The predicted octanol–water partition coefficient (Wildman–Crippen LogP) is 1.42. The summed E-state index contributed by atoms with van der Waals surface area (Å²) in [6, 6.07) is 9.70. The second-order valence-corrected chi connectivity index (χ2v) is 3.42. The van der Waals surface area contributed by atoms with Crippen LogP contribution in [0.2, 0.25) is 0 Å². The quantitative estimate of drug-likeness (QED) is 0.689. The van der Waals surface area contributed by atoms with Crippen LogP contribution in [0, 0.1) is 11.3 Å². The summed E-state index contributed by atoms with van der Waals surface area (Å²) in [5, 5.41) is 20.6. The lowest BCUT2D eigenvalue weighted by Crippen LogP contribution is -2.14. The normalized spacial score (nSPS) is 9.87. The molecule has 0 heterocycles. The summed E-state index contributed by atoms with van der Waals surface area (Å²) in [6.45, 7) is 1.93. The maximum Gasteiger partial charge on any atom is 0.0991 e. The number of aliphatic hydroxyl groups excluding tert-OH is 1. The Bertz CT molecular complexity index is 331. The monoisotopic (exact) mass is 204 g/mol. The molecule has 0 aliphatic carbocycles. The fraction of sp³-hybridized carbons (Fsp3) is 0.417. The maximum atomic E-state index is 8.71. The Morgan fingerprint density at radius 3 is 2.93 bits per heavy atom. The summed E-state index contributed by atoms with van der Waals surface area (Å²) >= 11 is 0. The molecule has 2 N–H and O–H groups in total. The second-order valence-electron chi connectivity index (χ2n) is 3.42. The molecule has 0 unspecified atom stereocenters. The zero-order chi connectivity index (χ0) is 10.9. The Hall–Kier alpha value is -1.37. The van der Waals surface area contributed by atoms with Gasteiger partial charge in [-0.3, -0.25) is 0 Å². The molecule has 0 aromatic heterocycles. The van der Waals surface area contributed by atoms with Gasteiger partial charge < -0.3 is 10.4 Å². The topological polar surface area (TPSA) is 56.0 Å². The number of aliphatic hydroxyl groups is 1. The largest absolute Gasteiger partial charge is 0.396 e. The molecule has 80 valence electrons. The van der Waals surface area contributed by atoms with Gasteiger partial charge in [-0.1, -0.05) is 12.1 Å². The lowest BCUT2D eigenvalue weighted by Gasteiger charge is -2.04. The summed E-state index contributed by atoms with van der Waals surface area (Å²) in [7, 11) is 0. The van der Waals surface area contributed by atoms with Crippen LogP contribution in [-0.2, 0) is 6.54 Å². The molecule has 0 aliphatic rings. The molecule has 15 heavy (non-hydrogen) atoms. The van der Waals surface area contributed by atoms with E-state index >= 15 is 0 Å². The minimum atomic E-state index is 0.256. The minimum Gasteiger partial charge on any atom is -0.396 e. The summed E-state index contributed by atoms with van der Waals surface area (Å²) in [4.78, 5) is 0. The molecule has 0 atom stereocenters. The predicted molar refractivity (Wildman–Crippen MR) is 59.2 cm³/mol. The van der Waals surface area contributed by atoms with Gasteiger partial charge in [-0.05, 0) is 37.1 Å². The van der Waals surface area contributed by atoms with Crippen molar-refractivity contribution in [2.45, 2.75) is 19.4 Å². The van der Waals surface area contributed by atoms with Gasteiger partial charge in [-0.15, -0.1) is 0 Å². The van der Waals surface area contributed by atoms with E-state index in [2.05, 4.69) is 11.4 Å². The van der Waals surface area contributed by atoms with Crippen molar-refractivity contribution in [2.24, 2.45) is 0 Å². The van der Waals surface area contributed by atoms with E-state index in [4.69, 9.17) is 10.4 Å². The van der Waals surface area contributed by atoms with Crippen LogP contribution < -0.4 is 5.32 Å². The lowest BCUT2D eigenvalue weighted by molar-refractivity contribution is 0.283. The number of nitrogens with zero attached hydrogens (tertiary/aromatic N) is 1. The molecule has 0 saturated carbocycles. The Morgan fingerprint density at radius 2 is 2.20 bits per heavy atom. The van der Waals surface area contributed by atoms with Crippen LogP contribution in [0.1, 0.15) is 24.0 Å². The van der Waals surface area contributed by atoms with Gasteiger partial charge in [-0.25, -0.2) is 0 Å². The molecule has 3 heteroatoms. The number of unbranched alkanes of at least 4 members (excludes halogenated alkanes) is 1. The molecular weight excluding hydrogens is 188 g/mol. The molecule has 0 saturated heterocycles. The number of benzene rings is 1. The average Bonchev–Trinajstić information content (AvgIpc) is 2.29. The average molecular weight is 204 g/mol. The number of rotatable bonds is 6. The highest BCUT2D eigenvalue weighted by molar-refractivity contribution is 5.32. The van der Waals surface area contributed by atoms with E-state index in [0.717, 1.165) is 31.5 Å². The maximum absolute atomic E-state index is 8.71. The van der Waals surface area contributed by atoms with Crippen molar-refractivity contribution in [3.05, 3.63) is 35.4 Å². The van der Waals surface area contributed by atoms with Crippen molar-refractivity contribution in [2.75, 3.05) is 13.2 Å². The summed E-state index contributed by atoms with van der Waals surface area (Å²) < 4.78 is 0. The molecule has 0 spiro atoms. The van der Waals surface area contributed by atoms with Crippen LogP contribution in [0.5, 0.6) is 0 Å². The summed E-state index contributed by atoms with van der Waals surface area (Å²) in [5.74, 6) is 0. The summed E-state index contributed by atoms with van der Waals surface area (Å²) in [5.41, 5.74) is 1.82. The van der Waals surface area contributed by atoms with Gasteiger partial charge in [0.2, 0.25) is 0 Å². The van der Waals surface area contributed by atoms with E-state index in [-0.39, 0.29) is 6.61 Å². The molecular formula is C12H16N2O. The van der Waals surface area contributed by atoms with E-state index in [1.807, 2.05) is 18.2 Å². The van der Waals surface area contributed by atoms with Crippen molar-refractivity contribution in [3.8, 4) is 6.07 Å². The summed E-state index contributed by atoms with van der Waals surface area (Å²) in [6.07, 6.45) is 1.82. The van der Waals surface area contributed by atoms with Gasteiger partial charge in [0, 0.05) is 13.2 Å². The van der Waals surface area contributed by atoms with Gasteiger partial charge in [0.05, 0.1) is 11.6 Å². The van der Waals surface area contributed by atoms with Crippen molar-refractivity contribution in [1.82, 2.24) is 5.32 Å². The molecule has 0 amide bonds. The minimum absolute atomic E-state index is 0.256. The highest BCUT2D eigenvalue weighted by atomic mass is 16.2. The zero-order valence-electron chi connectivity index (χ0n) is 8.74. The van der Waals surface area contributed by atoms with Crippen molar-refractivity contribution < 1.29 is 5.11 Å². The highest BCUT2D eigenvalue weighted by Gasteiger charge is 1.94. The van der Waals surface area contributed by atoms with Crippen molar-refractivity contribution >= 4 is 0 Å². The van der Waals surface area contributed by atoms with Gasteiger partial charge >= 0.3 is 0 Å². The third kappa shape index (κ3) is 4.59. The van der Waals surface area contributed by atoms with Crippen LogP contribution in [-0.4, -0.2) is 18.3 Å². The third-order valence-corrected chi connectivity index (χ3v) is 2.15. The first-order chi connectivity index (χ1) is 7.36. The van der Waals surface area contributed by atoms with E-state index in [1.54, 1.807) is 6.07 Å². The number of nitrogens with one attached hydrogen (secondary N) is 1. The van der Waals surface area contributed by atoms with E-state index in [0.29, 0.717) is 5.56 Å². The van der Waals surface area contributed by atoms with Gasteiger partial charge in [0.1, 0.15) is 0 Å². The first kappa shape index (κ1) is 11.7. The SMILES string of the molecule is N#Cc1cccc(CNCCCCO)c1. The standard InChI is InChI=1S/C12H16N2O/c13-9-11-4-3-5-12(8-11)10-14-6-1-2-7-15/h3-5,8,14-15H,1-2,6-7,10H2. The third-order valence-electron chi connectivity index (χ3n) is 2.15. The fourth-order valence-electron chi connectivity index (χ4n) is 1.35. The van der Waals surface area contributed by atoms with Crippen LogP contribution in [0.15, 0.2) is 24.3 Å². The van der Waals surface area contributed by atoms with Crippen LogP contribution in [0.25, 0.3) is 0 Å². The smallest absolute Gasteiger partial charge is 0.0991 e.